The fraction of sp³-hybridized carbons (Fsp3) is 0.500. The van der Waals surface area contributed by atoms with Crippen molar-refractivity contribution in [2.45, 2.75) is 6.42 Å². The van der Waals surface area contributed by atoms with Crippen LogP contribution in [0.2, 0.25) is 0 Å². The molecule has 1 N–H and O–H groups in total. The first-order valence-corrected chi connectivity index (χ1v) is 8.71. The van der Waals surface area contributed by atoms with Crippen LogP contribution in [0.25, 0.3) is 0 Å². The number of nitrogens with zero attached hydrogens (tertiary/aromatic N) is 2. The van der Waals surface area contributed by atoms with Crippen LogP contribution < -0.4 is 0 Å². The van der Waals surface area contributed by atoms with Crippen LogP contribution in [0.15, 0.2) is 24.3 Å². The van der Waals surface area contributed by atoms with Gasteiger partial charge in [-0.1, -0.05) is 12.1 Å². The summed E-state index contributed by atoms with van der Waals surface area (Å²) in [7, 11) is -3.08. The van der Waals surface area contributed by atoms with Gasteiger partial charge in [0.2, 0.25) is 10.0 Å². The Bertz CT molecular complexity index is 590. The Balaban J connectivity index is 1.81. The SMILES string of the molecule is CS(=O)(=O)N1CCN(CCc2ccc(C(=O)O)cc2)CC1. The molecule has 0 aromatic heterocycles. The predicted molar refractivity (Wildman–Crippen MR) is 80.0 cm³/mol. The summed E-state index contributed by atoms with van der Waals surface area (Å²) in [5, 5.41) is 8.84. The standard InChI is InChI=1S/C14H20N2O4S/c1-21(19,20)16-10-8-15(9-11-16)7-6-12-2-4-13(5-3-12)14(17)18/h2-5H,6-11H2,1H3,(H,17,18). The van der Waals surface area contributed by atoms with Crippen LogP contribution in [0.3, 0.4) is 0 Å². The van der Waals surface area contributed by atoms with Crippen LogP contribution in [0.5, 0.6) is 0 Å². The molecule has 1 aliphatic heterocycles. The molecule has 116 valence electrons. The van der Waals surface area contributed by atoms with Crippen molar-refractivity contribution in [2.24, 2.45) is 0 Å². The van der Waals surface area contributed by atoms with Gasteiger partial charge in [-0.3, -0.25) is 0 Å². The second kappa shape index (κ2) is 6.55. The maximum Gasteiger partial charge on any atom is 0.335 e. The second-order valence-corrected chi connectivity index (χ2v) is 7.24. The summed E-state index contributed by atoms with van der Waals surface area (Å²) in [6.07, 6.45) is 2.07. The van der Waals surface area contributed by atoms with Gasteiger partial charge in [0, 0.05) is 32.7 Å². The molecule has 1 saturated heterocycles. The molecule has 2 rings (SSSR count). The first kappa shape index (κ1) is 15.9. The maximum atomic E-state index is 11.4. The lowest BCUT2D eigenvalue weighted by Crippen LogP contribution is -2.48. The Kier molecular flexibility index (Phi) is 4.97. The molecule has 0 radical (unpaired) electrons. The molecule has 1 aromatic rings. The van der Waals surface area contributed by atoms with Crippen LogP contribution in [-0.4, -0.2) is 67.7 Å². The van der Waals surface area contributed by atoms with Gasteiger partial charge in [0.1, 0.15) is 0 Å². The topological polar surface area (TPSA) is 77.9 Å². The molecule has 0 bridgehead atoms. The summed E-state index contributed by atoms with van der Waals surface area (Å²) < 4.78 is 24.3. The average Bonchev–Trinajstić information content (AvgIpc) is 2.45. The molecule has 0 aliphatic carbocycles. The van der Waals surface area contributed by atoms with E-state index in [1.54, 1.807) is 12.1 Å². The van der Waals surface area contributed by atoms with Gasteiger partial charge in [0.15, 0.2) is 0 Å². The lowest BCUT2D eigenvalue weighted by atomic mass is 10.1. The van der Waals surface area contributed by atoms with Gasteiger partial charge < -0.3 is 10.0 Å². The van der Waals surface area contributed by atoms with Crippen LogP contribution in [0.1, 0.15) is 15.9 Å². The monoisotopic (exact) mass is 312 g/mol. The third kappa shape index (κ3) is 4.52. The molecule has 0 amide bonds. The molecule has 1 heterocycles. The van der Waals surface area contributed by atoms with Crippen LogP contribution in [0, 0.1) is 0 Å². The van der Waals surface area contributed by atoms with Gasteiger partial charge in [-0.25, -0.2) is 13.2 Å². The van der Waals surface area contributed by atoms with Crippen molar-refractivity contribution in [1.29, 1.82) is 0 Å². The molecular weight excluding hydrogens is 292 g/mol. The molecule has 6 nitrogen and oxygen atoms in total. The highest BCUT2D eigenvalue weighted by Crippen LogP contribution is 2.09. The van der Waals surface area contributed by atoms with E-state index in [2.05, 4.69) is 4.90 Å². The van der Waals surface area contributed by atoms with Crippen molar-refractivity contribution < 1.29 is 18.3 Å². The van der Waals surface area contributed by atoms with Crippen LogP contribution in [-0.2, 0) is 16.4 Å². The molecule has 0 spiro atoms. The first-order valence-electron chi connectivity index (χ1n) is 6.86. The molecule has 21 heavy (non-hydrogen) atoms. The summed E-state index contributed by atoms with van der Waals surface area (Å²) in [5.74, 6) is -0.918. The van der Waals surface area contributed by atoms with E-state index < -0.39 is 16.0 Å². The van der Waals surface area contributed by atoms with E-state index in [9.17, 15) is 13.2 Å². The van der Waals surface area contributed by atoms with Gasteiger partial charge in [-0.15, -0.1) is 0 Å². The zero-order chi connectivity index (χ0) is 15.5. The zero-order valence-corrected chi connectivity index (χ0v) is 12.8. The number of benzene rings is 1. The van der Waals surface area contributed by atoms with E-state index in [0.717, 1.165) is 31.6 Å². The highest BCUT2D eigenvalue weighted by molar-refractivity contribution is 7.88. The van der Waals surface area contributed by atoms with Crippen molar-refractivity contribution in [3.05, 3.63) is 35.4 Å². The van der Waals surface area contributed by atoms with E-state index in [1.165, 1.54) is 10.6 Å². The highest BCUT2D eigenvalue weighted by Gasteiger charge is 2.22. The number of hydrogen-bond acceptors (Lipinski definition) is 4. The predicted octanol–water partition coefficient (Wildman–Crippen LogP) is 0.504. The molecule has 1 aromatic carbocycles. The van der Waals surface area contributed by atoms with Crippen LogP contribution in [0.4, 0.5) is 0 Å². The Hall–Kier alpha value is -1.44. The van der Waals surface area contributed by atoms with Crippen molar-refractivity contribution >= 4 is 16.0 Å². The summed E-state index contributed by atoms with van der Waals surface area (Å²) >= 11 is 0. The van der Waals surface area contributed by atoms with Gasteiger partial charge in [0.05, 0.1) is 11.8 Å². The number of rotatable bonds is 5. The summed E-state index contributed by atoms with van der Waals surface area (Å²) in [4.78, 5) is 13.0. The molecule has 1 aliphatic rings. The Morgan fingerprint density at radius 3 is 2.19 bits per heavy atom. The minimum atomic E-state index is -3.08. The molecular formula is C14H20N2O4S. The van der Waals surface area contributed by atoms with E-state index in [4.69, 9.17) is 5.11 Å². The largest absolute Gasteiger partial charge is 0.478 e. The van der Waals surface area contributed by atoms with Crippen molar-refractivity contribution in [2.75, 3.05) is 39.0 Å². The van der Waals surface area contributed by atoms with Gasteiger partial charge in [-0.2, -0.15) is 4.31 Å². The van der Waals surface area contributed by atoms with Crippen LogP contribution >= 0.6 is 0 Å². The number of hydrogen-bond donors (Lipinski definition) is 1. The lowest BCUT2D eigenvalue weighted by Gasteiger charge is -2.33. The second-order valence-electron chi connectivity index (χ2n) is 5.26. The number of piperazine rings is 1. The fourth-order valence-electron chi connectivity index (χ4n) is 2.39. The third-order valence-corrected chi connectivity index (χ3v) is 5.02. The van der Waals surface area contributed by atoms with E-state index in [-0.39, 0.29) is 0 Å². The third-order valence-electron chi connectivity index (χ3n) is 3.72. The fourth-order valence-corrected chi connectivity index (χ4v) is 3.21. The van der Waals surface area contributed by atoms with Gasteiger partial charge in [-0.05, 0) is 24.1 Å². The number of carboxylic acids is 1. The Morgan fingerprint density at radius 2 is 1.71 bits per heavy atom. The quantitative estimate of drug-likeness (QED) is 0.857. The van der Waals surface area contributed by atoms with Crippen molar-refractivity contribution in [3.8, 4) is 0 Å². The minimum absolute atomic E-state index is 0.292. The molecule has 0 atom stereocenters. The van der Waals surface area contributed by atoms with Crippen molar-refractivity contribution in [3.63, 3.8) is 0 Å². The molecule has 0 unspecified atom stereocenters. The normalized spacial score (nSPS) is 17.8. The first-order chi connectivity index (χ1) is 9.86. The zero-order valence-electron chi connectivity index (χ0n) is 12.0. The van der Waals surface area contributed by atoms with Gasteiger partial charge >= 0.3 is 5.97 Å². The summed E-state index contributed by atoms with van der Waals surface area (Å²) in [5.41, 5.74) is 1.38. The number of carboxylic acid groups (broad SMARTS) is 1. The molecule has 0 saturated carbocycles. The molecule has 1 fully saturated rings. The van der Waals surface area contributed by atoms with E-state index >= 15 is 0 Å². The van der Waals surface area contributed by atoms with Gasteiger partial charge in [0.25, 0.3) is 0 Å². The van der Waals surface area contributed by atoms with E-state index in [1.807, 2.05) is 12.1 Å². The summed E-state index contributed by atoms with van der Waals surface area (Å²) in [6.45, 7) is 3.40. The van der Waals surface area contributed by atoms with Crippen molar-refractivity contribution in [1.82, 2.24) is 9.21 Å². The minimum Gasteiger partial charge on any atom is -0.478 e. The summed E-state index contributed by atoms with van der Waals surface area (Å²) in [6, 6.07) is 6.88. The number of carbonyl (C=O) groups is 1. The average molecular weight is 312 g/mol. The Morgan fingerprint density at radius 1 is 1.14 bits per heavy atom. The highest BCUT2D eigenvalue weighted by atomic mass is 32.2. The smallest absolute Gasteiger partial charge is 0.335 e. The Labute approximate surface area is 125 Å². The maximum absolute atomic E-state index is 11.4. The lowest BCUT2D eigenvalue weighted by molar-refractivity contribution is 0.0697. The number of sulfonamides is 1. The van der Waals surface area contributed by atoms with E-state index in [0.29, 0.717) is 18.7 Å². The molecule has 7 heteroatoms. The number of aromatic carboxylic acids is 1.